The molecule has 3 nitrogen and oxygen atoms in total. The summed E-state index contributed by atoms with van der Waals surface area (Å²) in [5.41, 5.74) is 2.73. The average molecular weight is 263 g/mol. The molecule has 2 aliphatic rings. The molecule has 0 spiro atoms. The lowest BCUT2D eigenvalue weighted by molar-refractivity contribution is 0.590. The van der Waals surface area contributed by atoms with E-state index in [1.807, 2.05) is 6.07 Å². The molecule has 0 radical (unpaired) electrons. The van der Waals surface area contributed by atoms with E-state index in [2.05, 4.69) is 23.5 Å². The maximum atomic E-state index is 11.3. The maximum absolute atomic E-state index is 11.3. The number of sulfone groups is 1. The number of rotatable bonds is 4. The molecule has 96 valence electrons. The zero-order valence-electron chi connectivity index (χ0n) is 10.2. The van der Waals surface area contributed by atoms with E-state index in [4.69, 9.17) is 0 Å². The lowest BCUT2D eigenvalue weighted by atomic mass is 10.0. The van der Waals surface area contributed by atoms with Crippen LogP contribution in [0.3, 0.4) is 0 Å². The van der Waals surface area contributed by atoms with Crippen molar-refractivity contribution in [1.82, 2.24) is 5.32 Å². The number of hydrogen-bond donors (Lipinski definition) is 1. The third-order valence-electron chi connectivity index (χ3n) is 3.56. The van der Waals surface area contributed by atoms with Gasteiger partial charge >= 0.3 is 0 Å². The van der Waals surface area contributed by atoms with Gasteiger partial charge in [-0.15, -0.1) is 0 Å². The number of hydrogen-bond acceptors (Lipinski definition) is 3. The Hall–Kier alpha value is -1.13. The van der Waals surface area contributed by atoms with Gasteiger partial charge in [-0.05, 0) is 29.9 Å². The minimum absolute atomic E-state index is 0.0396. The van der Waals surface area contributed by atoms with Gasteiger partial charge in [0.1, 0.15) is 0 Å². The van der Waals surface area contributed by atoms with Crippen molar-refractivity contribution in [1.29, 1.82) is 0 Å². The summed E-state index contributed by atoms with van der Waals surface area (Å²) in [7, 11) is -2.96. The summed E-state index contributed by atoms with van der Waals surface area (Å²) >= 11 is 0. The largest absolute Gasteiger partial charge is 0.305 e. The third kappa shape index (κ3) is 2.65. The molecule has 1 aromatic rings. The molecule has 1 heterocycles. The molecule has 1 fully saturated rings. The van der Waals surface area contributed by atoms with Gasteiger partial charge in [-0.2, -0.15) is 0 Å². The molecule has 0 aromatic heterocycles. The Morgan fingerprint density at radius 3 is 2.67 bits per heavy atom. The van der Waals surface area contributed by atoms with Crippen LogP contribution in [0.25, 0.3) is 0 Å². The fourth-order valence-corrected chi connectivity index (χ4v) is 3.70. The zero-order valence-corrected chi connectivity index (χ0v) is 11.0. The molecule has 4 heteroatoms. The molecule has 18 heavy (non-hydrogen) atoms. The van der Waals surface area contributed by atoms with Crippen LogP contribution < -0.4 is 5.32 Å². The summed E-state index contributed by atoms with van der Waals surface area (Å²) in [6.45, 7) is 0.747. The van der Waals surface area contributed by atoms with E-state index in [9.17, 15) is 8.42 Å². The van der Waals surface area contributed by atoms with E-state index >= 15 is 0 Å². The fraction of sp³-hybridized carbons (Fsp3) is 0.429. The summed E-state index contributed by atoms with van der Waals surface area (Å²) in [6, 6.07) is 8.41. The minimum Gasteiger partial charge on any atom is -0.305 e. The molecule has 1 aliphatic heterocycles. The number of benzene rings is 1. The molecule has 1 saturated carbocycles. The van der Waals surface area contributed by atoms with Crippen molar-refractivity contribution in [3.05, 3.63) is 46.9 Å². The van der Waals surface area contributed by atoms with Crippen molar-refractivity contribution in [2.24, 2.45) is 0 Å². The van der Waals surface area contributed by atoms with Gasteiger partial charge < -0.3 is 5.32 Å². The Labute approximate surface area is 108 Å². The van der Waals surface area contributed by atoms with Crippen molar-refractivity contribution in [2.45, 2.75) is 31.3 Å². The second-order valence-corrected chi connectivity index (χ2v) is 7.05. The van der Waals surface area contributed by atoms with E-state index in [0.29, 0.717) is 0 Å². The predicted octanol–water partition coefficient (Wildman–Crippen LogP) is 1.96. The second-order valence-electron chi connectivity index (χ2n) is 5.12. The standard InChI is InChI=1S/C14H17NO2S/c16-18(17)8-7-13(10-18)15-9-12-3-1-2-4-14(12)11-5-6-11/h1-4,7-8,11,13,15H,5-6,9-10H2. The normalized spacial score (nSPS) is 25.4. The van der Waals surface area contributed by atoms with Gasteiger partial charge in [0.15, 0.2) is 9.84 Å². The predicted molar refractivity (Wildman–Crippen MR) is 72.0 cm³/mol. The molecule has 0 amide bonds. The monoisotopic (exact) mass is 263 g/mol. The van der Waals surface area contributed by atoms with Crippen molar-refractivity contribution >= 4 is 9.84 Å². The molecule has 0 saturated heterocycles. The Balaban J connectivity index is 1.65. The van der Waals surface area contributed by atoms with Crippen molar-refractivity contribution < 1.29 is 8.42 Å². The van der Waals surface area contributed by atoms with Crippen LogP contribution in [0.4, 0.5) is 0 Å². The summed E-state index contributed by atoms with van der Waals surface area (Å²) in [5, 5.41) is 4.63. The van der Waals surface area contributed by atoms with Gasteiger partial charge in [0.2, 0.25) is 0 Å². The SMILES string of the molecule is O=S1(=O)C=CC(NCc2ccccc2C2CC2)C1. The lowest BCUT2D eigenvalue weighted by Gasteiger charge is -2.13. The Morgan fingerprint density at radius 2 is 2.00 bits per heavy atom. The van der Waals surface area contributed by atoms with Gasteiger partial charge in [-0.25, -0.2) is 8.42 Å². The highest BCUT2D eigenvalue weighted by molar-refractivity contribution is 7.94. The lowest BCUT2D eigenvalue weighted by Crippen LogP contribution is -2.29. The first-order chi connectivity index (χ1) is 8.64. The van der Waals surface area contributed by atoms with E-state index in [1.165, 1.54) is 29.4 Å². The zero-order chi connectivity index (χ0) is 12.6. The van der Waals surface area contributed by atoms with Crippen LogP contribution in [0, 0.1) is 0 Å². The van der Waals surface area contributed by atoms with Gasteiger partial charge in [-0.3, -0.25) is 0 Å². The third-order valence-corrected chi connectivity index (χ3v) is 4.95. The Bertz CT molecular complexity index is 573. The smallest absolute Gasteiger partial charge is 0.173 e. The molecule has 1 N–H and O–H groups in total. The van der Waals surface area contributed by atoms with E-state index in [1.54, 1.807) is 6.08 Å². The molecule has 1 atom stereocenters. The fourth-order valence-electron chi connectivity index (χ4n) is 2.43. The van der Waals surface area contributed by atoms with Crippen LogP contribution in [-0.2, 0) is 16.4 Å². The Kier molecular flexibility index (Phi) is 2.99. The summed E-state index contributed by atoms with van der Waals surface area (Å²) in [6.07, 6.45) is 4.32. The Morgan fingerprint density at radius 1 is 1.22 bits per heavy atom. The van der Waals surface area contributed by atoms with Crippen LogP contribution >= 0.6 is 0 Å². The molecular formula is C14H17NO2S. The van der Waals surface area contributed by atoms with Crippen molar-refractivity contribution in [3.63, 3.8) is 0 Å². The van der Waals surface area contributed by atoms with Gasteiger partial charge in [0.05, 0.1) is 5.75 Å². The molecule has 0 bridgehead atoms. The maximum Gasteiger partial charge on any atom is 0.173 e. The molecular weight excluding hydrogens is 246 g/mol. The van der Waals surface area contributed by atoms with Crippen LogP contribution in [0.2, 0.25) is 0 Å². The van der Waals surface area contributed by atoms with Crippen LogP contribution in [-0.4, -0.2) is 20.2 Å². The van der Waals surface area contributed by atoms with E-state index < -0.39 is 9.84 Å². The van der Waals surface area contributed by atoms with Crippen molar-refractivity contribution in [3.8, 4) is 0 Å². The first-order valence-corrected chi connectivity index (χ1v) is 8.08. The summed E-state index contributed by atoms with van der Waals surface area (Å²) in [5.74, 6) is 0.921. The summed E-state index contributed by atoms with van der Waals surface area (Å²) < 4.78 is 22.6. The molecule has 1 aromatic carbocycles. The highest BCUT2D eigenvalue weighted by atomic mass is 32.2. The quantitative estimate of drug-likeness (QED) is 0.903. The van der Waals surface area contributed by atoms with Gasteiger partial charge in [0, 0.05) is 18.0 Å². The highest BCUT2D eigenvalue weighted by Crippen LogP contribution is 2.41. The summed E-state index contributed by atoms with van der Waals surface area (Å²) in [4.78, 5) is 0. The highest BCUT2D eigenvalue weighted by Gasteiger charge is 2.26. The van der Waals surface area contributed by atoms with Crippen LogP contribution in [0.1, 0.15) is 29.9 Å². The average Bonchev–Trinajstić information content (AvgIpc) is 3.12. The van der Waals surface area contributed by atoms with Gasteiger partial charge in [0.25, 0.3) is 0 Å². The molecule has 1 aliphatic carbocycles. The van der Waals surface area contributed by atoms with Crippen LogP contribution in [0.5, 0.6) is 0 Å². The second kappa shape index (κ2) is 4.52. The van der Waals surface area contributed by atoms with Crippen LogP contribution in [0.15, 0.2) is 35.7 Å². The minimum atomic E-state index is -2.96. The number of nitrogens with one attached hydrogen (secondary N) is 1. The van der Waals surface area contributed by atoms with Crippen molar-refractivity contribution in [2.75, 3.05) is 5.75 Å². The van der Waals surface area contributed by atoms with E-state index in [0.717, 1.165) is 12.5 Å². The first kappa shape index (κ1) is 11.9. The molecule has 1 unspecified atom stereocenters. The van der Waals surface area contributed by atoms with E-state index in [-0.39, 0.29) is 11.8 Å². The topological polar surface area (TPSA) is 46.2 Å². The molecule has 3 rings (SSSR count). The first-order valence-electron chi connectivity index (χ1n) is 6.36. The van der Waals surface area contributed by atoms with Gasteiger partial charge in [-0.1, -0.05) is 30.3 Å².